The van der Waals surface area contributed by atoms with Crippen LogP contribution in [0.25, 0.3) is 0 Å². The van der Waals surface area contributed by atoms with Gasteiger partial charge in [-0.2, -0.15) is 26.3 Å². The number of hydrogen-bond acceptors (Lipinski definition) is 7. The number of aryl methyl sites for hydroxylation is 4. The van der Waals surface area contributed by atoms with Crippen LogP contribution < -0.4 is 0 Å². The molecule has 5 aromatic heterocycles. The number of alkyl halides is 6. The van der Waals surface area contributed by atoms with Gasteiger partial charge >= 0.3 is 12.4 Å². The zero-order valence-corrected chi connectivity index (χ0v) is 41.7. The molecule has 0 N–H and O–H groups in total. The topological polar surface area (TPSA) is 90.2 Å². The monoisotopic (exact) mass is 920 g/mol. The van der Waals surface area contributed by atoms with Gasteiger partial charge in [0.05, 0.1) is 5.56 Å². The Bertz CT molecular complexity index is 2070. The van der Waals surface area contributed by atoms with Gasteiger partial charge in [0.15, 0.2) is 0 Å². The Labute approximate surface area is 390 Å². The Balaban J connectivity index is 0.000000398. The molecule has 6 aromatic rings. The molecular formula is C53H71F6N7. The van der Waals surface area contributed by atoms with E-state index in [0.717, 1.165) is 41.2 Å². The van der Waals surface area contributed by atoms with Gasteiger partial charge in [-0.15, -0.1) is 0 Å². The maximum atomic E-state index is 12.2. The van der Waals surface area contributed by atoms with E-state index in [4.69, 9.17) is 0 Å². The van der Waals surface area contributed by atoms with Gasteiger partial charge in [-0.25, -0.2) is 24.9 Å². The second-order valence-electron chi connectivity index (χ2n) is 17.7. The van der Waals surface area contributed by atoms with E-state index in [0.29, 0.717) is 35.1 Å². The molecule has 0 fully saturated rings. The van der Waals surface area contributed by atoms with Crippen LogP contribution in [-0.2, 0) is 12.4 Å². The molecule has 0 aliphatic carbocycles. The van der Waals surface area contributed by atoms with Crippen LogP contribution in [0.3, 0.4) is 0 Å². The fourth-order valence-corrected chi connectivity index (χ4v) is 5.29. The van der Waals surface area contributed by atoms with E-state index in [2.05, 4.69) is 134 Å². The van der Waals surface area contributed by atoms with Crippen molar-refractivity contribution in [2.45, 2.75) is 159 Å². The van der Waals surface area contributed by atoms with Crippen molar-refractivity contribution in [3.8, 4) is 0 Å². The molecule has 13 heteroatoms. The summed E-state index contributed by atoms with van der Waals surface area (Å²) in [5.74, 6) is 3.23. The van der Waals surface area contributed by atoms with Crippen LogP contribution in [0.15, 0.2) is 104 Å². The average molecular weight is 920 g/mol. The second-order valence-corrected chi connectivity index (χ2v) is 17.7. The van der Waals surface area contributed by atoms with Crippen molar-refractivity contribution in [2.75, 3.05) is 0 Å². The van der Waals surface area contributed by atoms with Crippen molar-refractivity contribution in [2.24, 2.45) is 0 Å². The maximum absolute atomic E-state index is 12.2. The Kier molecular flexibility index (Phi) is 25.2. The molecule has 0 amide bonds. The first kappa shape index (κ1) is 58.4. The minimum atomic E-state index is -4.34. The third-order valence-corrected chi connectivity index (χ3v) is 9.34. The summed E-state index contributed by atoms with van der Waals surface area (Å²) in [6.07, 6.45) is -2.48. The Morgan fingerprint density at radius 3 is 1.36 bits per heavy atom. The van der Waals surface area contributed by atoms with Gasteiger partial charge in [-0.3, -0.25) is 9.97 Å². The lowest BCUT2D eigenvalue weighted by atomic mass is 10.0. The summed E-state index contributed by atoms with van der Waals surface area (Å²) in [5.41, 5.74) is 8.08. The molecule has 0 radical (unpaired) electrons. The van der Waals surface area contributed by atoms with Crippen LogP contribution in [0.5, 0.6) is 0 Å². The van der Waals surface area contributed by atoms with Crippen molar-refractivity contribution < 1.29 is 26.3 Å². The van der Waals surface area contributed by atoms with Crippen molar-refractivity contribution in [3.63, 3.8) is 0 Å². The number of aromatic nitrogens is 7. The SMILES string of the molecule is CC(C)c1ccc(C(F)(F)F)cn1.CC(C)c1cccc(C(F)(F)F)n1.Cc1cc(C(C)C)ncn1.Cc1cccc(C(C)C)c1.Cc1ccnc(C(C)C)c1.Cc1ccnc(C(C)C)n1. The summed E-state index contributed by atoms with van der Waals surface area (Å²) in [7, 11) is 0. The smallest absolute Gasteiger partial charge is 0.261 e. The highest BCUT2D eigenvalue weighted by molar-refractivity contribution is 5.24. The van der Waals surface area contributed by atoms with Gasteiger partial charge in [0, 0.05) is 58.7 Å². The normalized spacial score (nSPS) is 11.1. The maximum Gasteiger partial charge on any atom is 0.433 e. The fourth-order valence-electron chi connectivity index (χ4n) is 5.29. The van der Waals surface area contributed by atoms with Gasteiger partial charge < -0.3 is 0 Å². The van der Waals surface area contributed by atoms with Crippen molar-refractivity contribution in [3.05, 3.63) is 172 Å². The zero-order chi connectivity index (χ0) is 50.4. The molecule has 0 aliphatic heterocycles. The third kappa shape index (κ3) is 23.6. The number of halogens is 6. The predicted molar refractivity (Wildman–Crippen MR) is 257 cm³/mol. The van der Waals surface area contributed by atoms with Crippen LogP contribution in [0.1, 0.15) is 187 Å². The molecule has 0 spiro atoms. The highest BCUT2D eigenvalue weighted by Gasteiger charge is 2.32. The fraction of sp³-hybridized carbons (Fsp3) is 0.453. The number of pyridine rings is 3. The summed E-state index contributed by atoms with van der Waals surface area (Å²) in [6.45, 7) is 32.7. The van der Waals surface area contributed by atoms with E-state index in [1.54, 1.807) is 18.6 Å². The van der Waals surface area contributed by atoms with Gasteiger partial charge in [0.1, 0.15) is 17.8 Å². The molecule has 7 nitrogen and oxygen atoms in total. The van der Waals surface area contributed by atoms with Crippen LogP contribution >= 0.6 is 0 Å². The number of benzene rings is 1. The van der Waals surface area contributed by atoms with Crippen molar-refractivity contribution in [1.29, 1.82) is 0 Å². The first-order valence-electron chi connectivity index (χ1n) is 22.3. The first-order valence-corrected chi connectivity index (χ1v) is 22.3. The molecule has 0 saturated heterocycles. The highest BCUT2D eigenvalue weighted by atomic mass is 19.4. The largest absolute Gasteiger partial charge is 0.433 e. The summed E-state index contributed by atoms with van der Waals surface area (Å²) in [5, 5.41) is 0. The molecule has 66 heavy (non-hydrogen) atoms. The van der Waals surface area contributed by atoms with Crippen LogP contribution in [-0.4, -0.2) is 34.9 Å². The first-order chi connectivity index (χ1) is 30.6. The van der Waals surface area contributed by atoms with Gasteiger partial charge in [0.25, 0.3) is 0 Å². The minimum Gasteiger partial charge on any atom is -0.261 e. The zero-order valence-electron chi connectivity index (χ0n) is 41.7. The molecule has 0 bridgehead atoms. The molecule has 360 valence electrons. The van der Waals surface area contributed by atoms with E-state index in [1.807, 2.05) is 65.9 Å². The molecule has 5 heterocycles. The lowest BCUT2D eigenvalue weighted by molar-refractivity contribution is -0.141. The van der Waals surface area contributed by atoms with E-state index in [9.17, 15) is 26.3 Å². The van der Waals surface area contributed by atoms with Crippen LogP contribution in [0, 0.1) is 27.7 Å². The molecular weight excluding hydrogens is 849 g/mol. The van der Waals surface area contributed by atoms with Crippen LogP contribution in [0.4, 0.5) is 26.3 Å². The quantitative estimate of drug-likeness (QED) is 0.154. The number of rotatable bonds is 6. The summed E-state index contributed by atoms with van der Waals surface area (Å²) in [6, 6.07) is 23.2. The van der Waals surface area contributed by atoms with Gasteiger partial charge in [-0.1, -0.05) is 119 Å². The van der Waals surface area contributed by atoms with E-state index >= 15 is 0 Å². The third-order valence-electron chi connectivity index (χ3n) is 9.34. The van der Waals surface area contributed by atoms with Crippen molar-refractivity contribution in [1.82, 2.24) is 34.9 Å². The van der Waals surface area contributed by atoms with Gasteiger partial charge in [0.2, 0.25) is 0 Å². The molecule has 0 saturated carbocycles. The standard InChI is InChI=1S/C10H14.2C9H10F3N.C9H13N.2C8H12N2/c1-8(2)10-6-4-5-9(3)7-10;1-6(2)8-4-3-7(5-13-8)9(10,11)12;1-6(2)7-4-3-5-8(13-7)9(10,11)12;1-7(2)9-6-8(3)4-5-10-9;1-6(2)8-4-7(3)9-5-10-8;1-6(2)8-9-5-4-7(3)10-8/h4-8H,1-3H3;2*3-6H,1-2H3;4-7H,1-3H3;2*4-6H,1-3H3. The molecule has 0 atom stereocenters. The highest BCUT2D eigenvalue weighted by Crippen LogP contribution is 2.30. The molecule has 0 aliphatic rings. The molecule has 6 rings (SSSR count). The summed E-state index contributed by atoms with van der Waals surface area (Å²) >= 11 is 0. The van der Waals surface area contributed by atoms with E-state index < -0.39 is 23.6 Å². The second kappa shape index (κ2) is 28.4. The number of nitrogens with zero attached hydrogens (tertiary/aromatic N) is 7. The molecule has 0 unspecified atom stereocenters. The Hall–Kier alpha value is -5.59. The predicted octanol–water partition coefficient (Wildman–Crippen LogP) is 15.9. The Morgan fingerprint density at radius 1 is 0.409 bits per heavy atom. The minimum absolute atomic E-state index is 0.0160. The van der Waals surface area contributed by atoms with Crippen LogP contribution in [0.2, 0.25) is 0 Å². The number of hydrogen-bond donors (Lipinski definition) is 0. The van der Waals surface area contributed by atoms with Crippen molar-refractivity contribution >= 4 is 0 Å². The average Bonchev–Trinajstić information content (AvgIpc) is 3.24. The summed E-state index contributed by atoms with van der Waals surface area (Å²) in [4.78, 5) is 28.0. The van der Waals surface area contributed by atoms with E-state index in [1.165, 1.54) is 34.5 Å². The lowest BCUT2D eigenvalue weighted by Gasteiger charge is -2.09. The van der Waals surface area contributed by atoms with E-state index in [-0.39, 0.29) is 11.8 Å². The Morgan fingerprint density at radius 2 is 0.970 bits per heavy atom. The molecule has 1 aromatic carbocycles. The lowest BCUT2D eigenvalue weighted by Crippen LogP contribution is -2.09. The van der Waals surface area contributed by atoms with Gasteiger partial charge in [-0.05, 0) is 117 Å². The summed E-state index contributed by atoms with van der Waals surface area (Å²) < 4.78 is 72.7.